The number of esters is 1. The summed E-state index contributed by atoms with van der Waals surface area (Å²) in [5, 5.41) is 5.26. The molecule has 0 fully saturated rings. The summed E-state index contributed by atoms with van der Waals surface area (Å²) in [6.45, 7) is 6.98. The Balaban J connectivity index is 3.10. The largest absolute Gasteiger partial charge is 0.465 e. The van der Waals surface area contributed by atoms with E-state index in [9.17, 15) is 18.0 Å². The van der Waals surface area contributed by atoms with Gasteiger partial charge in [-0.05, 0) is 45.9 Å². The van der Waals surface area contributed by atoms with E-state index in [2.05, 4.69) is 20.1 Å². The normalized spacial score (nSPS) is 11.5. The second-order valence-electron chi connectivity index (χ2n) is 6.68. The van der Waals surface area contributed by atoms with E-state index in [0.29, 0.717) is 5.69 Å². The highest BCUT2D eigenvalue weighted by Gasteiger charge is 2.27. The number of alkyl carbamates (subject to hydrolysis) is 1. The van der Waals surface area contributed by atoms with Crippen LogP contribution in [0.1, 0.15) is 38.1 Å². The fourth-order valence-corrected chi connectivity index (χ4v) is 3.89. The molecule has 0 aromatic heterocycles. The van der Waals surface area contributed by atoms with Gasteiger partial charge in [-0.3, -0.25) is 5.32 Å². The Morgan fingerprint density at radius 3 is 2.39 bits per heavy atom. The second kappa shape index (κ2) is 9.80. The number of ether oxygens (including phenoxy) is 2. The Morgan fingerprint density at radius 2 is 1.86 bits per heavy atom. The highest BCUT2D eigenvalue weighted by molar-refractivity contribution is 7.89. The number of hydrogen-bond donors (Lipinski definition) is 3. The van der Waals surface area contributed by atoms with Gasteiger partial charge >= 0.3 is 12.1 Å². The van der Waals surface area contributed by atoms with Crippen LogP contribution in [0.3, 0.4) is 0 Å². The van der Waals surface area contributed by atoms with Crippen LogP contribution in [0.2, 0.25) is 0 Å². The Labute approximate surface area is 170 Å². The average molecular weight is 432 g/mol. The Morgan fingerprint density at radius 1 is 1.21 bits per heavy atom. The summed E-state index contributed by atoms with van der Waals surface area (Å²) in [5.41, 5.74) is -0.465. The molecule has 0 aliphatic rings. The third-order valence-corrected chi connectivity index (χ3v) is 5.13. The standard InChI is InChI=1S/C17H25N3O6S2/c1-6-26-16(22)19-14(27)10-18-11-7-8-12(15(21)25-5)13(9-11)28(23,24)20-17(2,3)4/h7-9,18,20H,6,10H2,1-5H3,(H,19,22,27). The monoisotopic (exact) mass is 431 g/mol. The maximum absolute atomic E-state index is 12.8. The van der Waals surface area contributed by atoms with Crippen molar-refractivity contribution in [2.45, 2.75) is 38.1 Å². The van der Waals surface area contributed by atoms with E-state index in [4.69, 9.17) is 17.0 Å². The minimum absolute atomic E-state index is 0.0535. The van der Waals surface area contributed by atoms with Crippen molar-refractivity contribution in [3.05, 3.63) is 23.8 Å². The van der Waals surface area contributed by atoms with E-state index < -0.39 is 27.6 Å². The number of methoxy groups -OCH3 is 1. The van der Waals surface area contributed by atoms with Gasteiger partial charge in [-0.25, -0.2) is 22.7 Å². The lowest BCUT2D eigenvalue weighted by molar-refractivity contribution is 0.0596. The molecule has 0 atom stereocenters. The molecule has 0 radical (unpaired) electrons. The number of benzene rings is 1. The summed E-state index contributed by atoms with van der Waals surface area (Å²) in [5.74, 6) is -0.777. The Bertz CT molecular complexity index is 847. The zero-order valence-electron chi connectivity index (χ0n) is 16.4. The van der Waals surface area contributed by atoms with Gasteiger partial charge in [0.15, 0.2) is 0 Å². The van der Waals surface area contributed by atoms with Crippen LogP contribution in [0.25, 0.3) is 0 Å². The number of amides is 1. The summed E-state index contributed by atoms with van der Waals surface area (Å²) >= 11 is 5.03. The first-order valence-corrected chi connectivity index (χ1v) is 10.3. The van der Waals surface area contributed by atoms with Gasteiger partial charge in [-0.2, -0.15) is 0 Å². The average Bonchev–Trinajstić information content (AvgIpc) is 2.57. The molecule has 1 rings (SSSR count). The minimum Gasteiger partial charge on any atom is -0.465 e. The molecule has 0 spiro atoms. The van der Waals surface area contributed by atoms with Crippen LogP contribution in [-0.2, 0) is 19.5 Å². The third kappa shape index (κ3) is 7.41. The van der Waals surface area contributed by atoms with E-state index in [1.54, 1.807) is 27.7 Å². The molecule has 156 valence electrons. The number of hydrogen-bond acceptors (Lipinski definition) is 8. The lowest BCUT2D eigenvalue weighted by atomic mass is 10.1. The summed E-state index contributed by atoms with van der Waals surface area (Å²) in [6.07, 6.45) is -0.673. The van der Waals surface area contributed by atoms with E-state index >= 15 is 0 Å². The molecule has 0 heterocycles. The van der Waals surface area contributed by atoms with Gasteiger partial charge in [-0.1, -0.05) is 12.2 Å². The molecule has 1 aromatic carbocycles. The molecule has 11 heteroatoms. The highest BCUT2D eigenvalue weighted by atomic mass is 32.2. The highest BCUT2D eigenvalue weighted by Crippen LogP contribution is 2.23. The topological polar surface area (TPSA) is 123 Å². The first kappa shape index (κ1) is 23.8. The minimum atomic E-state index is -4.00. The molecule has 0 aliphatic heterocycles. The number of sulfonamides is 1. The van der Waals surface area contributed by atoms with Crippen LogP contribution in [0.5, 0.6) is 0 Å². The Kier molecular flexibility index (Phi) is 8.33. The molecule has 0 unspecified atom stereocenters. The second-order valence-corrected chi connectivity index (χ2v) is 8.82. The van der Waals surface area contributed by atoms with Crippen molar-refractivity contribution in [2.75, 3.05) is 25.6 Å². The SMILES string of the molecule is CCOC(=O)NC(=S)CNc1ccc(C(=O)OC)c(S(=O)(=O)NC(C)(C)C)c1. The molecule has 0 saturated heterocycles. The molecule has 0 bridgehead atoms. The molecule has 0 aliphatic carbocycles. The molecule has 28 heavy (non-hydrogen) atoms. The fourth-order valence-electron chi connectivity index (χ4n) is 2.10. The van der Waals surface area contributed by atoms with Crippen molar-refractivity contribution in [1.82, 2.24) is 10.0 Å². The van der Waals surface area contributed by atoms with Crippen LogP contribution in [0.15, 0.2) is 23.1 Å². The zero-order valence-corrected chi connectivity index (χ0v) is 18.0. The molecular formula is C17H25N3O6S2. The Hall–Kier alpha value is -2.24. The summed E-state index contributed by atoms with van der Waals surface area (Å²) in [4.78, 5) is 23.3. The quantitative estimate of drug-likeness (QED) is 0.443. The van der Waals surface area contributed by atoms with Crippen molar-refractivity contribution in [3.8, 4) is 0 Å². The third-order valence-electron chi connectivity index (χ3n) is 3.09. The number of carbonyl (C=O) groups excluding carboxylic acids is 2. The first-order chi connectivity index (χ1) is 12.9. The first-order valence-electron chi connectivity index (χ1n) is 8.36. The lowest BCUT2D eigenvalue weighted by Gasteiger charge is -2.21. The fraction of sp³-hybridized carbons (Fsp3) is 0.471. The van der Waals surface area contributed by atoms with Crippen molar-refractivity contribution in [1.29, 1.82) is 0 Å². The van der Waals surface area contributed by atoms with E-state index in [1.165, 1.54) is 25.3 Å². The van der Waals surface area contributed by atoms with Gasteiger partial charge in [0.1, 0.15) is 4.99 Å². The van der Waals surface area contributed by atoms with Gasteiger partial charge < -0.3 is 14.8 Å². The van der Waals surface area contributed by atoms with Gasteiger partial charge in [0.2, 0.25) is 10.0 Å². The van der Waals surface area contributed by atoms with Gasteiger partial charge in [0, 0.05) is 11.2 Å². The predicted octanol–water partition coefficient (Wildman–Crippen LogP) is 2.04. The van der Waals surface area contributed by atoms with Gasteiger partial charge in [-0.15, -0.1) is 0 Å². The number of thiocarbonyl (C=S) groups is 1. The molecule has 1 amide bonds. The van der Waals surface area contributed by atoms with Crippen LogP contribution >= 0.6 is 12.2 Å². The van der Waals surface area contributed by atoms with E-state index in [1.807, 2.05) is 0 Å². The number of anilines is 1. The van der Waals surface area contributed by atoms with Gasteiger partial charge in [0.05, 0.1) is 30.7 Å². The van der Waals surface area contributed by atoms with E-state index in [0.717, 1.165) is 0 Å². The zero-order chi connectivity index (χ0) is 21.5. The molecular weight excluding hydrogens is 406 g/mol. The number of carbonyl (C=O) groups is 2. The van der Waals surface area contributed by atoms with Crippen molar-refractivity contribution >= 4 is 45.0 Å². The van der Waals surface area contributed by atoms with Crippen LogP contribution in [0.4, 0.5) is 10.5 Å². The molecule has 3 N–H and O–H groups in total. The van der Waals surface area contributed by atoms with Crippen LogP contribution in [0, 0.1) is 0 Å². The van der Waals surface area contributed by atoms with Crippen LogP contribution in [-0.4, -0.2) is 51.3 Å². The van der Waals surface area contributed by atoms with Gasteiger partial charge in [0.25, 0.3) is 0 Å². The number of rotatable bonds is 7. The van der Waals surface area contributed by atoms with Crippen LogP contribution < -0.4 is 15.4 Å². The smallest absolute Gasteiger partial charge is 0.412 e. The molecule has 9 nitrogen and oxygen atoms in total. The summed E-state index contributed by atoms with van der Waals surface area (Å²) in [7, 11) is -2.84. The van der Waals surface area contributed by atoms with Crippen molar-refractivity contribution < 1.29 is 27.5 Å². The summed E-state index contributed by atoms with van der Waals surface area (Å²) in [6, 6.07) is 4.15. The van der Waals surface area contributed by atoms with E-state index in [-0.39, 0.29) is 28.6 Å². The predicted molar refractivity (Wildman–Crippen MR) is 109 cm³/mol. The maximum atomic E-state index is 12.8. The molecule has 1 aromatic rings. The summed E-state index contributed by atoms with van der Waals surface area (Å²) < 4.78 is 37.4. The maximum Gasteiger partial charge on any atom is 0.412 e. The molecule has 0 saturated carbocycles. The van der Waals surface area contributed by atoms with Crippen molar-refractivity contribution in [3.63, 3.8) is 0 Å². The number of nitrogens with one attached hydrogen (secondary N) is 3. The lowest BCUT2D eigenvalue weighted by Crippen LogP contribution is -2.41. The van der Waals surface area contributed by atoms with Crippen molar-refractivity contribution in [2.24, 2.45) is 0 Å².